The SMILES string of the molecule is CCC(N)(C=O)C(=O)OC1CCc2c(F)cc(F)cc2C1. The fourth-order valence-electron chi connectivity index (χ4n) is 2.41. The molecule has 1 aliphatic rings. The zero-order valence-electron chi connectivity index (χ0n) is 11.7. The van der Waals surface area contributed by atoms with E-state index in [1.165, 1.54) is 6.07 Å². The van der Waals surface area contributed by atoms with Gasteiger partial charge in [0.05, 0.1) is 0 Å². The van der Waals surface area contributed by atoms with Crippen molar-refractivity contribution in [1.82, 2.24) is 0 Å². The summed E-state index contributed by atoms with van der Waals surface area (Å²) in [5.74, 6) is -2.04. The molecule has 21 heavy (non-hydrogen) atoms. The lowest BCUT2D eigenvalue weighted by molar-refractivity contribution is -0.157. The van der Waals surface area contributed by atoms with Crippen LogP contribution in [-0.4, -0.2) is 23.9 Å². The summed E-state index contributed by atoms with van der Waals surface area (Å²) in [6, 6.07) is 2.09. The summed E-state index contributed by atoms with van der Waals surface area (Å²) in [4.78, 5) is 22.8. The first-order chi connectivity index (χ1) is 9.89. The van der Waals surface area contributed by atoms with Crippen LogP contribution in [0.4, 0.5) is 8.78 Å². The van der Waals surface area contributed by atoms with E-state index >= 15 is 0 Å². The Kier molecular flexibility index (Phi) is 4.37. The number of halogens is 2. The molecule has 2 rings (SSSR count). The summed E-state index contributed by atoms with van der Waals surface area (Å²) in [6.07, 6.45) is 0.951. The molecule has 0 bridgehead atoms. The van der Waals surface area contributed by atoms with E-state index in [1.807, 2.05) is 0 Å². The molecule has 1 aromatic rings. The molecule has 2 atom stereocenters. The zero-order valence-corrected chi connectivity index (χ0v) is 11.7. The van der Waals surface area contributed by atoms with Crippen LogP contribution in [0.25, 0.3) is 0 Å². The molecule has 0 radical (unpaired) electrons. The van der Waals surface area contributed by atoms with Gasteiger partial charge in [-0.2, -0.15) is 0 Å². The van der Waals surface area contributed by atoms with Crippen molar-refractivity contribution in [3.63, 3.8) is 0 Å². The van der Waals surface area contributed by atoms with E-state index in [0.717, 1.165) is 6.07 Å². The number of hydrogen-bond acceptors (Lipinski definition) is 4. The van der Waals surface area contributed by atoms with Gasteiger partial charge in [0.25, 0.3) is 0 Å². The standard InChI is InChI=1S/C15H17F2NO3/c1-2-15(18,8-19)14(20)21-11-3-4-12-9(6-11)5-10(16)7-13(12)17/h5,7-8,11H,2-4,6,18H2,1H3. The number of rotatable bonds is 4. The molecule has 0 heterocycles. The summed E-state index contributed by atoms with van der Waals surface area (Å²) in [6.45, 7) is 1.61. The molecular formula is C15H17F2NO3. The van der Waals surface area contributed by atoms with E-state index in [9.17, 15) is 18.4 Å². The first kappa shape index (κ1) is 15.6. The van der Waals surface area contributed by atoms with Gasteiger partial charge in [-0.25, -0.2) is 13.6 Å². The molecule has 0 aliphatic heterocycles. The molecule has 114 valence electrons. The molecule has 6 heteroatoms. The highest BCUT2D eigenvalue weighted by molar-refractivity contribution is 5.97. The number of ether oxygens (including phenoxy) is 1. The molecule has 0 spiro atoms. The van der Waals surface area contributed by atoms with Crippen molar-refractivity contribution in [2.45, 2.75) is 44.2 Å². The van der Waals surface area contributed by atoms with Crippen LogP contribution in [0, 0.1) is 11.6 Å². The molecule has 0 amide bonds. The summed E-state index contributed by atoms with van der Waals surface area (Å²) in [7, 11) is 0. The number of hydrogen-bond donors (Lipinski definition) is 1. The lowest BCUT2D eigenvalue weighted by Crippen LogP contribution is -2.51. The first-order valence-electron chi connectivity index (χ1n) is 6.82. The smallest absolute Gasteiger partial charge is 0.333 e. The Balaban J connectivity index is 2.12. The van der Waals surface area contributed by atoms with E-state index in [2.05, 4.69) is 0 Å². The van der Waals surface area contributed by atoms with E-state index in [-0.39, 0.29) is 12.8 Å². The Morgan fingerprint density at radius 3 is 2.86 bits per heavy atom. The number of benzene rings is 1. The van der Waals surface area contributed by atoms with Crippen molar-refractivity contribution in [2.75, 3.05) is 0 Å². The minimum Gasteiger partial charge on any atom is -0.460 e. The molecule has 2 N–H and O–H groups in total. The predicted molar refractivity (Wildman–Crippen MR) is 71.5 cm³/mol. The van der Waals surface area contributed by atoms with Gasteiger partial charge in [0.2, 0.25) is 0 Å². The van der Waals surface area contributed by atoms with E-state index < -0.39 is 29.2 Å². The molecule has 1 aliphatic carbocycles. The molecule has 0 saturated carbocycles. The average Bonchev–Trinajstić information content (AvgIpc) is 2.45. The van der Waals surface area contributed by atoms with Crippen LogP contribution in [0.15, 0.2) is 12.1 Å². The predicted octanol–water partition coefficient (Wildman–Crippen LogP) is 1.67. The van der Waals surface area contributed by atoms with Crippen LogP contribution >= 0.6 is 0 Å². The molecule has 1 aromatic carbocycles. The largest absolute Gasteiger partial charge is 0.460 e. The van der Waals surface area contributed by atoms with Gasteiger partial charge < -0.3 is 15.3 Å². The summed E-state index contributed by atoms with van der Waals surface area (Å²) in [5, 5.41) is 0. The second-order valence-electron chi connectivity index (χ2n) is 5.31. The third-order valence-electron chi connectivity index (χ3n) is 3.87. The van der Waals surface area contributed by atoms with Crippen molar-refractivity contribution in [2.24, 2.45) is 5.73 Å². The molecule has 4 nitrogen and oxygen atoms in total. The maximum atomic E-state index is 13.6. The van der Waals surface area contributed by atoms with Crippen molar-refractivity contribution in [3.05, 3.63) is 34.9 Å². The first-order valence-corrected chi connectivity index (χ1v) is 6.82. The molecular weight excluding hydrogens is 280 g/mol. The number of fused-ring (bicyclic) bond motifs is 1. The minimum atomic E-state index is -1.66. The lowest BCUT2D eigenvalue weighted by atomic mass is 9.89. The van der Waals surface area contributed by atoms with E-state index in [1.54, 1.807) is 6.92 Å². The fourth-order valence-corrected chi connectivity index (χ4v) is 2.41. The molecule has 2 unspecified atom stereocenters. The number of aldehydes is 1. The fraction of sp³-hybridized carbons (Fsp3) is 0.467. The van der Waals surface area contributed by atoms with Crippen molar-refractivity contribution < 1.29 is 23.1 Å². The third-order valence-corrected chi connectivity index (χ3v) is 3.87. The van der Waals surface area contributed by atoms with E-state index in [4.69, 9.17) is 10.5 Å². The Morgan fingerprint density at radius 2 is 2.24 bits per heavy atom. The van der Waals surface area contributed by atoms with E-state index in [0.29, 0.717) is 30.3 Å². The van der Waals surface area contributed by atoms with Gasteiger partial charge in [0, 0.05) is 12.5 Å². The highest BCUT2D eigenvalue weighted by atomic mass is 19.1. The van der Waals surface area contributed by atoms with Crippen LogP contribution in [0.2, 0.25) is 0 Å². The highest BCUT2D eigenvalue weighted by Gasteiger charge is 2.36. The highest BCUT2D eigenvalue weighted by Crippen LogP contribution is 2.27. The van der Waals surface area contributed by atoms with Gasteiger partial charge in [-0.05, 0) is 36.5 Å². The Bertz CT molecular complexity index is 576. The number of carbonyl (C=O) groups is 2. The van der Waals surface area contributed by atoms with Gasteiger partial charge in [0.1, 0.15) is 17.7 Å². The van der Waals surface area contributed by atoms with Crippen molar-refractivity contribution in [3.8, 4) is 0 Å². The third kappa shape index (κ3) is 3.10. The van der Waals surface area contributed by atoms with Crippen LogP contribution in [0.5, 0.6) is 0 Å². The second-order valence-corrected chi connectivity index (χ2v) is 5.31. The van der Waals surface area contributed by atoms with Crippen LogP contribution in [0.1, 0.15) is 30.9 Å². The van der Waals surface area contributed by atoms with Gasteiger partial charge in [-0.3, -0.25) is 0 Å². The van der Waals surface area contributed by atoms with Crippen molar-refractivity contribution in [1.29, 1.82) is 0 Å². The normalized spacial score (nSPS) is 20.3. The van der Waals surface area contributed by atoms with Crippen LogP contribution in [0.3, 0.4) is 0 Å². The quantitative estimate of drug-likeness (QED) is 0.521. The lowest BCUT2D eigenvalue weighted by Gasteiger charge is -2.28. The Morgan fingerprint density at radius 1 is 1.52 bits per heavy atom. The summed E-state index contributed by atoms with van der Waals surface area (Å²) >= 11 is 0. The molecule has 0 saturated heterocycles. The monoisotopic (exact) mass is 297 g/mol. The molecule has 0 fully saturated rings. The summed E-state index contributed by atoms with van der Waals surface area (Å²) < 4.78 is 32.1. The topological polar surface area (TPSA) is 69.4 Å². The number of carbonyl (C=O) groups excluding carboxylic acids is 2. The van der Waals surface area contributed by atoms with Gasteiger partial charge >= 0.3 is 5.97 Å². The number of nitrogens with two attached hydrogens (primary N) is 1. The van der Waals surface area contributed by atoms with Gasteiger partial charge in [-0.15, -0.1) is 0 Å². The maximum absolute atomic E-state index is 13.6. The maximum Gasteiger partial charge on any atom is 0.333 e. The Labute approximate surface area is 121 Å². The molecule has 0 aromatic heterocycles. The number of esters is 1. The van der Waals surface area contributed by atoms with Crippen LogP contribution < -0.4 is 5.73 Å². The zero-order chi connectivity index (χ0) is 15.6. The van der Waals surface area contributed by atoms with Gasteiger partial charge in [-0.1, -0.05) is 6.92 Å². The Hall–Kier alpha value is -1.82. The summed E-state index contributed by atoms with van der Waals surface area (Å²) in [5.41, 5.74) is 4.92. The van der Waals surface area contributed by atoms with Crippen molar-refractivity contribution >= 4 is 12.3 Å². The average molecular weight is 297 g/mol. The second kappa shape index (κ2) is 5.89. The van der Waals surface area contributed by atoms with Crippen LogP contribution in [-0.2, 0) is 27.2 Å². The van der Waals surface area contributed by atoms with Gasteiger partial charge in [0.15, 0.2) is 11.8 Å². The minimum absolute atomic E-state index is 0.127.